The van der Waals surface area contributed by atoms with Gasteiger partial charge in [0.1, 0.15) is 5.75 Å². The van der Waals surface area contributed by atoms with E-state index in [0.717, 1.165) is 30.1 Å². The van der Waals surface area contributed by atoms with Crippen molar-refractivity contribution < 1.29 is 9.53 Å². The van der Waals surface area contributed by atoms with Crippen LogP contribution in [0.5, 0.6) is 5.75 Å². The normalized spacial score (nSPS) is 15.1. The number of aryl methyl sites for hydroxylation is 1. The van der Waals surface area contributed by atoms with E-state index in [4.69, 9.17) is 4.74 Å². The lowest BCUT2D eigenvalue weighted by Gasteiger charge is -2.11. The summed E-state index contributed by atoms with van der Waals surface area (Å²) in [4.78, 5) is 13.1. The second-order valence-corrected chi connectivity index (χ2v) is 4.04. The molecule has 2 nitrogen and oxygen atoms in total. The maximum atomic E-state index is 11.0. The van der Waals surface area contributed by atoms with Crippen LogP contribution in [0.2, 0.25) is 0 Å². The molecule has 64 valence electrons. The third kappa shape index (κ3) is 1.25. The van der Waals surface area contributed by atoms with E-state index in [-0.39, 0.29) is 5.78 Å². The first-order valence-electron chi connectivity index (χ1n) is 4.04. The van der Waals surface area contributed by atoms with E-state index in [1.54, 1.807) is 18.3 Å². The highest BCUT2D eigenvalue weighted by Crippen LogP contribution is 2.33. The Morgan fingerprint density at radius 1 is 1.67 bits per heavy atom. The van der Waals surface area contributed by atoms with Crippen molar-refractivity contribution >= 4 is 17.1 Å². The lowest BCUT2D eigenvalue weighted by atomic mass is 10.2. The molecule has 2 heterocycles. The molecule has 0 fully saturated rings. The molecule has 1 aliphatic heterocycles. The molecule has 0 radical (unpaired) electrons. The number of ketones is 1. The van der Waals surface area contributed by atoms with Gasteiger partial charge < -0.3 is 4.74 Å². The van der Waals surface area contributed by atoms with Crippen LogP contribution in [0.3, 0.4) is 0 Å². The Labute approximate surface area is 75.2 Å². The van der Waals surface area contributed by atoms with Crippen LogP contribution in [-0.4, -0.2) is 12.4 Å². The molecule has 0 N–H and O–H groups in total. The number of carbonyl (C=O) groups excluding carboxylic acids is 1. The molecule has 1 aliphatic rings. The van der Waals surface area contributed by atoms with Gasteiger partial charge in [-0.05, 0) is 19.8 Å². The van der Waals surface area contributed by atoms with Crippen molar-refractivity contribution in [2.75, 3.05) is 6.61 Å². The predicted octanol–water partition coefficient (Wildman–Crippen LogP) is 2.28. The Morgan fingerprint density at radius 3 is 3.17 bits per heavy atom. The van der Waals surface area contributed by atoms with Crippen LogP contribution < -0.4 is 4.74 Å². The summed E-state index contributed by atoms with van der Waals surface area (Å²) < 4.78 is 5.41. The minimum absolute atomic E-state index is 0.137. The third-order valence-corrected chi connectivity index (χ3v) is 3.20. The maximum Gasteiger partial charge on any atom is 0.169 e. The van der Waals surface area contributed by atoms with E-state index in [2.05, 4.69) is 0 Å². The Balaban J connectivity index is 2.38. The SMILES string of the molecule is CC(=O)c1cc2c(s1)CCCO2. The number of Topliss-reactive ketones (excluding diaryl/α,β-unsaturated/α-hetero) is 1. The van der Waals surface area contributed by atoms with E-state index in [9.17, 15) is 4.79 Å². The smallest absolute Gasteiger partial charge is 0.169 e. The summed E-state index contributed by atoms with van der Waals surface area (Å²) >= 11 is 1.57. The standard InChI is InChI=1S/C9H10O2S/c1-6(10)9-5-7-8(12-9)3-2-4-11-7/h5H,2-4H2,1H3. The summed E-state index contributed by atoms with van der Waals surface area (Å²) in [6.07, 6.45) is 2.14. The van der Waals surface area contributed by atoms with Crippen LogP contribution in [0.25, 0.3) is 0 Å². The van der Waals surface area contributed by atoms with Gasteiger partial charge in [0.15, 0.2) is 5.78 Å². The Kier molecular flexibility index (Phi) is 1.89. The molecule has 0 spiro atoms. The van der Waals surface area contributed by atoms with Gasteiger partial charge in [-0.15, -0.1) is 11.3 Å². The average molecular weight is 182 g/mol. The number of rotatable bonds is 1. The lowest BCUT2D eigenvalue weighted by Crippen LogP contribution is -2.04. The molecule has 1 aromatic heterocycles. The highest BCUT2D eigenvalue weighted by molar-refractivity contribution is 7.14. The number of hydrogen-bond acceptors (Lipinski definition) is 3. The Hall–Kier alpha value is -0.830. The molecule has 0 amide bonds. The van der Waals surface area contributed by atoms with E-state index in [1.165, 1.54) is 4.88 Å². The molecule has 0 atom stereocenters. The van der Waals surface area contributed by atoms with Gasteiger partial charge in [-0.25, -0.2) is 0 Å². The highest BCUT2D eigenvalue weighted by Gasteiger charge is 2.15. The second-order valence-electron chi connectivity index (χ2n) is 2.91. The van der Waals surface area contributed by atoms with E-state index >= 15 is 0 Å². The zero-order chi connectivity index (χ0) is 8.55. The number of carbonyl (C=O) groups is 1. The number of hydrogen-bond donors (Lipinski definition) is 0. The zero-order valence-electron chi connectivity index (χ0n) is 6.92. The first-order chi connectivity index (χ1) is 5.77. The molecule has 0 aromatic carbocycles. The fourth-order valence-corrected chi connectivity index (χ4v) is 2.34. The fraction of sp³-hybridized carbons (Fsp3) is 0.444. The average Bonchev–Trinajstić information content (AvgIpc) is 2.46. The fourth-order valence-electron chi connectivity index (χ4n) is 1.30. The van der Waals surface area contributed by atoms with Crippen molar-refractivity contribution in [3.8, 4) is 5.75 Å². The van der Waals surface area contributed by atoms with Crippen LogP contribution in [-0.2, 0) is 6.42 Å². The first-order valence-corrected chi connectivity index (χ1v) is 4.85. The molecule has 3 heteroatoms. The van der Waals surface area contributed by atoms with Crippen LogP contribution in [0.4, 0.5) is 0 Å². The first kappa shape index (κ1) is 7.80. The van der Waals surface area contributed by atoms with Gasteiger partial charge in [-0.1, -0.05) is 0 Å². The van der Waals surface area contributed by atoms with E-state index in [0.29, 0.717) is 0 Å². The largest absolute Gasteiger partial charge is 0.492 e. The molecular formula is C9H10O2S. The summed E-state index contributed by atoms with van der Waals surface area (Å²) in [6, 6.07) is 1.86. The zero-order valence-corrected chi connectivity index (χ0v) is 7.74. The van der Waals surface area contributed by atoms with E-state index in [1.807, 2.05) is 6.07 Å². The Bertz CT molecular complexity index is 291. The molecule has 0 saturated carbocycles. The van der Waals surface area contributed by atoms with Crippen molar-refractivity contribution in [2.24, 2.45) is 0 Å². The quantitative estimate of drug-likeness (QED) is 0.623. The molecular weight excluding hydrogens is 172 g/mol. The van der Waals surface area contributed by atoms with Gasteiger partial charge in [0.05, 0.1) is 11.5 Å². The molecule has 0 bridgehead atoms. The minimum atomic E-state index is 0.137. The second kappa shape index (κ2) is 2.90. The molecule has 0 saturated heterocycles. The highest BCUT2D eigenvalue weighted by atomic mass is 32.1. The summed E-state index contributed by atoms with van der Waals surface area (Å²) in [5.74, 6) is 1.06. The maximum absolute atomic E-state index is 11.0. The number of fused-ring (bicyclic) bond motifs is 1. The van der Waals surface area contributed by atoms with Crippen LogP contribution >= 0.6 is 11.3 Å². The topological polar surface area (TPSA) is 26.3 Å². The molecule has 0 aliphatic carbocycles. The molecule has 0 unspecified atom stereocenters. The number of thiophene rings is 1. The minimum Gasteiger partial charge on any atom is -0.492 e. The van der Waals surface area contributed by atoms with Crippen molar-refractivity contribution in [3.63, 3.8) is 0 Å². The van der Waals surface area contributed by atoms with Gasteiger partial charge in [-0.3, -0.25) is 4.79 Å². The number of ether oxygens (including phenoxy) is 1. The van der Waals surface area contributed by atoms with Crippen molar-refractivity contribution in [2.45, 2.75) is 19.8 Å². The van der Waals surface area contributed by atoms with Gasteiger partial charge in [0.25, 0.3) is 0 Å². The van der Waals surface area contributed by atoms with Gasteiger partial charge in [0.2, 0.25) is 0 Å². The predicted molar refractivity (Wildman–Crippen MR) is 48.1 cm³/mol. The summed E-state index contributed by atoms with van der Waals surface area (Å²) in [6.45, 7) is 2.39. The molecule has 2 rings (SSSR count). The van der Waals surface area contributed by atoms with Gasteiger partial charge in [0, 0.05) is 10.9 Å². The lowest BCUT2D eigenvalue weighted by molar-refractivity contribution is 0.102. The van der Waals surface area contributed by atoms with Gasteiger partial charge in [-0.2, -0.15) is 0 Å². The summed E-state index contributed by atoms with van der Waals surface area (Å²) in [5.41, 5.74) is 0. The summed E-state index contributed by atoms with van der Waals surface area (Å²) in [5, 5.41) is 0. The third-order valence-electron chi connectivity index (χ3n) is 1.92. The van der Waals surface area contributed by atoms with Crippen molar-refractivity contribution in [1.82, 2.24) is 0 Å². The summed E-state index contributed by atoms with van der Waals surface area (Å²) in [7, 11) is 0. The Morgan fingerprint density at radius 2 is 2.50 bits per heavy atom. The van der Waals surface area contributed by atoms with Gasteiger partial charge >= 0.3 is 0 Å². The van der Waals surface area contributed by atoms with Crippen LogP contribution in [0.1, 0.15) is 27.9 Å². The van der Waals surface area contributed by atoms with Crippen molar-refractivity contribution in [1.29, 1.82) is 0 Å². The van der Waals surface area contributed by atoms with E-state index < -0.39 is 0 Å². The van der Waals surface area contributed by atoms with Crippen LogP contribution in [0, 0.1) is 0 Å². The molecule has 1 aromatic rings. The van der Waals surface area contributed by atoms with Crippen LogP contribution in [0.15, 0.2) is 6.07 Å². The van der Waals surface area contributed by atoms with Crippen molar-refractivity contribution in [3.05, 3.63) is 15.8 Å². The monoisotopic (exact) mass is 182 g/mol. The molecule has 12 heavy (non-hydrogen) atoms.